The van der Waals surface area contributed by atoms with Crippen molar-refractivity contribution in [2.75, 3.05) is 41.3 Å². The van der Waals surface area contributed by atoms with Crippen molar-refractivity contribution >= 4 is 34.7 Å². The molecule has 1 aliphatic heterocycles. The van der Waals surface area contributed by atoms with Crippen molar-refractivity contribution in [1.82, 2.24) is 0 Å². The van der Waals surface area contributed by atoms with E-state index in [0.717, 1.165) is 37.6 Å². The van der Waals surface area contributed by atoms with E-state index in [2.05, 4.69) is 15.1 Å². The van der Waals surface area contributed by atoms with E-state index in [9.17, 15) is 19.5 Å². The lowest BCUT2D eigenvalue weighted by molar-refractivity contribution is -0.116. The van der Waals surface area contributed by atoms with Crippen LogP contribution in [0.4, 0.5) is 17.1 Å². The van der Waals surface area contributed by atoms with Gasteiger partial charge in [0.15, 0.2) is 5.78 Å². The molecule has 7 nitrogen and oxygen atoms in total. The summed E-state index contributed by atoms with van der Waals surface area (Å²) in [6.45, 7) is 6.52. The fourth-order valence-corrected chi connectivity index (χ4v) is 3.58. The molecule has 2 N–H and O–H groups in total. The van der Waals surface area contributed by atoms with Crippen LogP contribution in [0.2, 0.25) is 0 Å². The van der Waals surface area contributed by atoms with Gasteiger partial charge in [0.1, 0.15) is 0 Å². The van der Waals surface area contributed by atoms with Gasteiger partial charge in [-0.2, -0.15) is 0 Å². The highest BCUT2D eigenvalue weighted by Crippen LogP contribution is 2.26. The third-order valence-corrected chi connectivity index (χ3v) is 5.27. The lowest BCUT2D eigenvalue weighted by atomic mass is 10.1. The minimum atomic E-state index is -1.06. The average Bonchev–Trinajstić information content (AvgIpc) is 2.74. The van der Waals surface area contributed by atoms with E-state index in [1.54, 1.807) is 19.1 Å². The molecule has 1 heterocycles. The van der Waals surface area contributed by atoms with Gasteiger partial charge in [0.2, 0.25) is 5.91 Å². The minimum absolute atomic E-state index is 0.0509. The Hall–Kier alpha value is -3.35. The van der Waals surface area contributed by atoms with E-state index >= 15 is 0 Å². The molecular weight excluding hydrogens is 382 g/mol. The fraction of sp³-hybridized carbons (Fsp3) is 0.348. The van der Waals surface area contributed by atoms with Crippen molar-refractivity contribution in [1.29, 1.82) is 0 Å². The lowest BCUT2D eigenvalue weighted by Gasteiger charge is -2.37. The highest BCUT2D eigenvalue weighted by atomic mass is 16.4. The zero-order chi connectivity index (χ0) is 21.7. The third-order valence-electron chi connectivity index (χ3n) is 5.27. The van der Waals surface area contributed by atoms with Crippen molar-refractivity contribution in [3.63, 3.8) is 0 Å². The highest BCUT2D eigenvalue weighted by Gasteiger charge is 2.20. The summed E-state index contributed by atoms with van der Waals surface area (Å²) in [5.41, 5.74) is 3.02. The quantitative estimate of drug-likeness (QED) is 0.679. The number of piperazine rings is 1. The van der Waals surface area contributed by atoms with Crippen LogP contribution in [-0.2, 0) is 4.79 Å². The molecule has 2 aromatic rings. The standard InChI is InChI=1S/C23H27N3O4/c1-3-4-22(28)24-21-10-9-19(15-20(21)23(29)30)26-13-11-25(12-14-26)18-7-5-17(6-8-18)16(2)27/h5-10,15H,3-4,11-14H2,1-2H3,(H,24,28)(H,29,30). The van der Waals surface area contributed by atoms with E-state index in [1.807, 2.05) is 37.3 Å². The first-order valence-electron chi connectivity index (χ1n) is 10.2. The molecule has 3 rings (SSSR count). The third kappa shape index (κ3) is 4.97. The number of nitrogens with one attached hydrogen (secondary N) is 1. The monoisotopic (exact) mass is 409 g/mol. The van der Waals surface area contributed by atoms with E-state index < -0.39 is 5.97 Å². The van der Waals surface area contributed by atoms with Gasteiger partial charge >= 0.3 is 5.97 Å². The van der Waals surface area contributed by atoms with Crippen LogP contribution in [0, 0.1) is 0 Å². The number of carbonyl (C=O) groups is 3. The highest BCUT2D eigenvalue weighted by molar-refractivity contribution is 6.01. The lowest BCUT2D eigenvalue weighted by Crippen LogP contribution is -2.46. The maximum Gasteiger partial charge on any atom is 0.337 e. The Morgan fingerprint density at radius 3 is 2.03 bits per heavy atom. The van der Waals surface area contributed by atoms with Crippen LogP contribution in [-0.4, -0.2) is 48.9 Å². The van der Waals surface area contributed by atoms with E-state index in [-0.39, 0.29) is 17.3 Å². The number of ketones is 1. The predicted octanol–water partition coefficient (Wildman–Crippen LogP) is 3.65. The van der Waals surface area contributed by atoms with Gasteiger partial charge in [0.05, 0.1) is 11.3 Å². The van der Waals surface area contributed by atoms with Gasteiger partial charge in [-0.1, -0.05) is 6.92 Å². The zero-order valence-electron chi connectivity index (χ0n) is 17.4. The van der Waals surface area contributed by atoms with Gasteiger partial charge in [-0.3, -0.25) is 9.59 Å². The molecule has 0 saturated carbocycles. The molecule has 30 heavy (non-hydrogen) atoms. The molecule has 7 heteroatoms. The van der Waals surface area contributed by atoms with Crippen LogP contribution in [0.25, 0.3) is 0 Å². The summed E-state index contributed by atoms with van der Waals surface area (Å²) < 4.78 is 0. The predicted molar refractivity (Wildman–Crippen MR) is 118 cm³/mol. The number of aromatic carboxylic acids is 1. The molecule has 0 spiro atoms. The molecule has 1 aliphatic rings. The maximum absolute atomic E-state index is 11.9. The molecule has 2 aromatic carbocycles. The number of rotatable bonds is 7. The maximum atomic E-state index is 11.9. The number of anilines is 3. The molecule has 0 aliphatic carbocycles. The first kappa shape index (κ1) is 21.4. The first-order valence-corrected chi connectivity index (χ1v) is 10.2. The second-order valence-electron chi connectivity index (χ2n) is 7.41. The molecule has 1 saturated heterocycles. The summed E-state index contributed by atoms with van der Waals surface area (Å²) >= 11 is 0. The van der Waals surface area contributed by atoms with Crippen LogP contribution in [0.3, 0.4) is 0 Å². The minimum Gasteiger partial charge on any atom is -0.478 e. The van der Waals surface area contributed by atoms with E-state index in [0.29, 0.717) is 24.1 Å². The molecule has 1 fully saturated rings. The van der Waals surface area contributed by atoms with E-state index in [1.165, 1.54) is 0 Å². The molecule has 158 valence electrons. The number of Topliss-reactive ketones (excluding diaryl/α,β-unsaturated/α-hetero) is 1. The van der Waals surface area contributed by atoms with Gasteiger partial charge in [-0.25, -0.2) is 4.79 Å². The number of hydrogen-bond acceptors (Lipinski definition) is 5. The second kappa shape index (κ2) is 9.43. The van der Waals surface area contributed by atoms with Crippen molar-refractivity contribution in [3.05, 3.63) is 53.6 Å². The smallest absolute Gasteiger partial charge is 0.337 e. The summed E-state index contributed by atoms with van der Waals surface area (Å²) in [6.07, 6.45) is 1.06. The Morgan fingerprint density at radius 2 is 1.50 bits per heavy atom. The number of benzene rings is 2. The Bertz CT molecular complexity index is 932. The Morgan fingerprint density at radius 1 is 0.933 bits per heavy atom. The Kier molecular flexibility index (Phi) is 6.72. The largest absolute Gasteiger partial charge is 0.478 e. The molecule has 0 unspecified atom stereocenters. The van der Waals surface area contributed by atoms with Crippen molar-refractivity contribution < 1.29 is 19.5 Å². The van der Waals surface area contributed by atoms with Gasteiger partial charge in [-0.15, -0.1) is 0 Å². The first-order chi connectivity index (χ1) is 14.4. The molecule has 0 radical (unpaired) electrons. The summed E-state index contributed by atoms with van der Waals surface area (Å²) in [4.78, 5) is 39.4. The average molecular weight is 409 g/mol. The van der Waals surface area contributed by atoms with Gasteiger partial charge in [0.25, 0.3) is 0 Å². The van der Waals surface area contributed by atoms with Crippen molar-refractivity contribution in [2.24, 2.45) is 0 Å². The van der Waals surface area contributed by atoms with Crippen molar-refractivity contribution in [2.45, 2.75) is 26.7 Å². The summed E-state index contributed by atoms with van der Waals surface area (Å²) in [5.74, 6) is -1.19. The zero-order valence-corrected chi connectivity index (χ0v) is 17.4. The van der Waals surface area contributed by atoms with Crippen LogP contribution in [0.15, 0.2) is 42.5 Å². The van der Waals surface area contributed by atoms with Crippen molar-refractivity contribution in [3.8, 4) is 0 Å². The van der Waals surface area contributed by atoms with Crippen LogP contribution < -0.4 is 15.1 Å². The number of carbonyl (C=O) groups excluding carboxylic acids is 2. The normalized spacial score (nSPS) is 13.8. The summed E-state index contributed by atoms with van der Waals surface area (Å²) in [6, 6.07) is 12.8. The SMILES string of the molecule is CCCC(=O)Nc1ccc(N2CCN(c3ccc(C(C)=O)cc3)CC2)cc1C(=O)O. The summed E-state index contributed by atoms with van der Waals surface area (Å²) in [7, 11) is 0. The number of hydrogen-bond donors (Lipinski definition) is 2. The number of nitrogens with zero attached hydrogens (tertiary/aromatic N) is 2. The van der Waals surface area contributed by atoms with Crippen LogP contribution in [0.5, 0.6) is 0 Å². The molecular formula is C23H27N3O4. The molecule has 1 amide bonds. The van der Waals surface area contributed by atoms with Gasteiger partial charge in [0, 0.05) is 49.5 Å². The van der Waals surface area contributed by atoms with Gasteiger partial charge < -0.3 is 20.2 Å². The number of amides is 1. The van der Waals surface area contributed by atoms with Crippen LogP contribution >= 0.6 is 0 Å². The van der Waals surface area contributed by atoms with E-state index in [4.69, 9.17) is 0 Å². The Labute approximate surface area is 176 Å². The molecule has 0 bridgehead atoms. The van der Waals surface area contributed by atoms with Crippen LogP contribution in [0.1, 0.15) is 47.4 Å². The Balaban J connectivity index is 1.68. The van der Waals surface area contributed by atoms with Gasteiger partial charge in [-0.05, 0) is 55.8 Å². The molecule has 0 atom stereocenters. The number of carboxylic acid groups (broad SMARTS) is 1. The molecule has 0 aromatic heterocycles. The second-order valence-corrected chi connectivity index (χ2v) is 7.41. The summed E-state index contributed by atoms with van der Waals surface area (Å²) in [5, 5.41) is 12.3. The topological polar surface area (TPSA) is 90.0 Å². The number of carboxylic acids is 1. The fourth-order valence-electron chi connectivity index (χ4n) is 3.58.